The first kappa shape index (κ1) is 15.8. The van der Waals surface area contributed by atoms with Gasteiger partial charge >= 0.3 is 0 Å². The molecule has 1 fully saturated rings. The lowest BCUT2D eigenvalue weighted by Crippen LogP contribution is -2.25. The Bertz CT molecular complexity index is 618. The van der Waals surface area contributed by atoms with Crippen LogP contribution in [0.2, 0.25) is 0 Å². The average molecular weight is 309 g/mol. The maximum absolute atomic E-state index is 12.1. The van der Waals surface area contributed by atoms with E-state index in [1.54, 1.807) is 0 Å². The summed E-state index contributed by atoms with van der Waals surface area (Å²) in [6.45, 7) is 2.27. The molecule has 0 aromatic heterocycles. The number of benzene rings is 2. The summed E-state index contributed by atoms with van der Waals surface area (Å²) in [5.74, 6) is 0.777. The topological polar surface area (TPSA) is 38.3 Å². The maximum Gasteiger partial charge on any atom is 0.251 e. The maximum atomic E-state index is 12.1. The van der Waals surface area contributed by atoms with Crippen molar-refractivity contribution in [2.45, 2.75) is 19.3 Å². The van der Waals surface area contributed by atoms with Gasteiger partial charge in [-0.15, -0.1) is 0 Å². The van der Waals surface area contributed by atoms with Gasteiger partial charge in [0.05, 0.1) is 0 Å². The van der Waals surface area contributed by atoms with Gasteiger partial charge in [0.15, 0.2) is 0 Å². The van der Waals surface area contributed by atoms with E-state index in [9.17, 15) is 4.79 Å². The number of amides is 1. The van der Waals surface area contributed by atoms with Crippen LogP contribution < -0.4 is 5.32 Å². The SMILES string of the molecule is O=C(NCCCOCC1CC1)c1ccc(-c2ccccc2)cc1. The standard InChI is InChI=1S/C20H23NO2/c22-20(21-13-4-14-23-15-16-7-8-16)19-11-9-18(10-12-19)17-5-2-1-3-6-17/h1-3,5-6,9-12,16H,4,7-8,13-15H2,(H,21,22). The molecule has 1 amide bonds. The van der Waals surface area contributed by atoms with Crippen molar-refractivity contribution in [1.29, 1.82) is 0 Å². The van der Waals surface area contributed by atoms with Gasteiger partial charge in [0.2, 0.25) is 0 Å². The summed E-state index contributed by atoms with van der Waals surface area (Å²) in [6, 6.07) is 17.9. The Morgan fingerprint density at radius 2 is 1.70 bits per heavy atom. The second-order valence-corrected chi connectivity index (χ2v) is 6.07. The van der Waals surface area contributed by atoms with Crippen LogP contribution in [0.5, 0.6) is 0 Å². The Kier molecular flexibility index (Phi) is 5.43. The molecule has 1 aliphatic carbocycles. The quantitative estimate of drug-likeness (QED) is 0.751. The first-order chi connectivity index (χ1) is 11.3. The third-order valence-corrected chi connectivity index (χ3v) is 4.06. The summed E-state index contributed by atoms with van der Waals surface area (Å²) in [5, 5.41) is 2.94. The number of ether oxygens (including phenoxy) is 1. The van der Waals surface area contributed by atoms with Crippen LogP contribution in [0.3, 0.4) is 0 Å². The minimum Gasteiger partial charge on any atom is -0.381 e. The molecular formula is C20H23NO2. The van der Waals surface area contributed by atoms with Crippen LogP contribution in [0.25, 0.3) is 11.1 Å². The molecule has 0 atom stereocenters. The predicted molar refractivity (Wildman–Crippen MR) is 92.4 cm³/mol. The molecule has 0 bridgehead atoms. The number of rotatable bonds is 8. The fourth-order valence-electron chi connectivity index (χ4n) is 2.46. The Balaban J connectivity index is 1.42. The normalized spacial score (nSPS) is 13.7. The van der Waals surface area contributed by atoms with Gasteiger partial charge in [-0.05, 0) is 48.4 Å². The van der Waals surface area contributed by atoms with E-state index in [4.69, 9.17) is 4.74 Å². The van der Waals surface area contributed by atoms with Gasteiger partial charge in [-0.3, -0.25) is 4.79 Å². The van der Waals surface area contributed by atoms with E-state index < -0.39 is 0 Å². The number of carbonyl (C=O) groups excluding carboxylic acids is 1. The molecule has 1 N–H and O–H groups in total. The molecule has 1 saturated carbocycles. The molecule has 0 unspecified atom stereocenters. The fourth-order valence-corrected chi connectivity index (χ4v) is 2.46. The second-order valence-electron chi connectivity index (χ2n) is 6.07. The highest BCUT2D eigenvalue weighted by Gasteiger charge is 2.20. The smallest absolute Gasteiger partial charge is 0.251 e. The van der Waals surface area contributed by atoms with Crippen molar-refractivity contribution in [2.24, 2.45) is 5.92 Å². The number of hydrogen-bond acceptors (Lipinski definition) is 2. The second kappa shape index (κ2) is 7.93. The fraction of sp³-hybridized carbons (Fsp3) is 0.350. The molecular weight excluding hydrogens is 286 g/mol. The summed E-state index contributed by atoms with van der Waals surface area (Å²) in [5.41, 5.74) is 2.98. The zero-order chi connectivity index (χ0) is 15.9. The number of carbonyl (C=O) groups is 1. The monoisotopic (exact) mass is 309 g/mol. The van der Waals surface area contributed by atoms with E-state index in [1.165, 1.54) is 12.8 Å². The zero-order valence-corrected chi connectivity index (χ0v) is 13.3. The van der Waals surface area contributed by atoms with Crippen LogP contribution in [0.4, 0.5) is 0 Å². The molecule has 23 heavy (non-hydrogen) atoms. The van der Waals surface area contributed by atoms with Crippen molar-refractivity contribution in [3.05, 3.63) is 60.2 Å². The van der Waals surface area contributed by atoms with Gasteiger partial charge in [-0.25, -0.2) is 0 Å². The summed E-state index contributed by atoms with van der Waals surface area (Å²) in [7, 11) is 0. The average Bonchev–Trinajstić information content (AvgIpc) is 3.43. The summed E-state index contributed by atoms with van der Waals surface area (Å²) in [6.07, 6.45) is 3.49. The summed E-state index contributed by atoms with van der Waals surface area (Å²) < 4.78 is 5.56. The van der Waals surface area contributed by atoms with Crippen molar-refractivity contribution in [3.63, 3.8) is 0 Å². The molecule has 3 rings (SSSR count). The summed E-state index contributed by atoms with van der Waals surface area (Å²) in [4.78, 5) is 12.1. The van der Waals surface area contributed by atoms with Gasteiger partial charge < -0.3 is 10.1 Å². The molecule has 3 heteroatoms. The van der Waals surface area contributed by atoms with E-state index in [2.05, 4.69) is 17.4 Å². The van der Waals surface area contributed by atoms with Crippen LogP contribution >= 0.6 is 0 Å². The Morgan fingerprint density at radius 1 is 1.00 bits per heavy atom. The van der Waals surface area contributed by atoms with E-state index >= 15 is 0 Å². The highest BCUT2D eigenvalue weighted by molar-refractivity contribution is 5.94. The Morgan fingerprint density at radius 3 is 2.39 bits per heavy atom. The predicted octanol–water partition coefficient (Wildman–Crippen LogP) is 3.90. The lowest BCUT2D eigenvalue weighted by atomic mass is 10.0. The Hall–Kier alpha value is -2.13. The van der Waals surface area contributed by atoms with Gasteiger partial charge in [-0.2, -0.15) is 0 Å². The van der Waals surface area contributed by atoms with Crippen molar-refractivity contribution in [1.82, 2.24) is 5.32 Å². The molecule has 3 nitrogen and oxygen atoms in total. The van der Waals surface area contributed by atoms with Crippen molar-refractivity contribution in [2.75, 3.05) is 19.8 Å². The summed E-state index contributed by atoms with van der Waals surface area (Å²) >= 11 is 0. The van der Waals surface area contributed by atoms with E-state index in [1.807, 2.05) is 42.5 Å². The highest BCUT2D eigenvalue weighted by Crippen LogP contribution is 2.28. The van der Waals surface area contributed by atoms with E-state index in [-0.39, 0.29) is 5.91 Å². The van der Waals surface area contributed by atoms with Gasteiger partial charge in [0, 0.05) is 25.3 Å². The lowest BCUT2D eigenvalue weighted by molar-refractivity contribution is 0.0937. The van der Waals surface area contributed by atoms with Gasteiger partial charge in [0.1, 0.15) is 0 Å². The third-order valence-electron chi connectivity index (χ3n) is 4.06. The van der Waals surface area contributed by atoms with Crippen molar-refractivity contribution in [3.8, 4) is 11.1 Å². The molecule has 2 aromatic rings. The van der Waals surface area contributed by atoms with E-state index in [0.29, 0.717) is 12.1 Å². The molecule has 2 aromatic carbocycles. The number of hydrogen-bond donors (Lipinski definition) is 1. The van der Waals surface area contributed by atoms with Crippen LogP contribution in [-0.2, 0) is 4.74 Å². The van der Waals surface area contributed by atoms with Crippen molar-refractivity contribution >= 4 is 5.91 Å². The zero-order valence-electron chi connectivity index (χ0n) is 13.3. The molecule has 0 spiro atoms. The molecule has 0 aliphatic heterocycles. The largest absolute Gasteiger partial charge is 0.381 e. The Labute approximate surface area is 137 Å². The lowest BCUT2D eigenvalue weighted by Gasteiger charge is -2.07. The van der Waals surface area contributed by atoms with Gasteiger partial charge in [0.25, 0.3) is 5.91 Å². The number of nitrogens with one attached hydrogen (secondary N) is 1. The third kappa shape index (κ3) is 4.93. The molecule has 1 aliphatic rings. The molecule has 0 radical (unpaired) electrons. The molecule has 0 heterocycles. The van der Waals surface area contributed by atoms with Crippen LogP contribution in [0.1, 0.15) is 29.6 Å². The van der Waals surface area contributed by atoms with Crippen LogP contribution in [0, 0.1) is 5.92 Å². The highest BCUT2D eigenvalue weighted by atomic mass is 16.5. The van der Waals surface area contributed by atoms with Gasteiger partial charge in [-0.1, -0.05) is 42.5 Å². The van der Waals surface area contributed by atoms with Crippen LogP contribution in [-0.4, -0.2) is 25.7 Å². The first-order valence-corrected chi connectivity index (χ1v) is 8.34. The van der Waals surface area contributed by atoms with Crippen molar-refractivity contribution < 1.29 is 9.53 Å². The first-order valence-electron chi connectivity index (χ1n) is 8.34. The molecule has 0 saturated heterocycles. The van der Waals surface area contributed by atoms with E-state index in [0.717, 1.165) is 36.7 Å². The van der Waals surface area contributed by atoms with Crippen LogP contribution in [0.15, 0.2) is 54.6 Å². The minimum absolute atomic E-state index is 0.0215. The minimum atomic E-state index is -0.0215. The molecule has 120 valence electrons.